The molecule has 2 amide bonds. The van der Waals surface area contributed by atoms with Crippen LogP contribution in [0.25, 0.3) is 22.4 Å². The lowest BCUT2D eigenvalue weighted by Gasteiger charge is -2.18. The minimum absolute atomic E-state index is 0.123. The summed E-state index contributed by atoms with van der Waals surface area (Å²) in [7, 11) is 0. The van der Waals surface area contributed by atoms with Gasteiger partial charge in [0, 0.05) is 12.5 Å². The van der Waals surface area contributed by atoms with Crippen LogP contribution in [0, 0.1) is 0 Å². The van der Waals surface area contributed by atoms with Crippen LogP contribution in [0.2, 0.25) is 0 Å². The molecule has 0 spiro atoms. The molecule has 150 valence electrons. The quantitative estimate of drug-likeness (QED) is 0.449. The summed E-state index contributed by atoms with van der Waals surface area (Å²) in [5.41, 5.74) is 4.15. The van der Waals surface area contributed by atoms with E-state index in [1.165, 1.54) is 6.92 Å². The number of fused-ring (bicyclic) bond motifs is 1. The average Bonchev–Trinajstić information content (AvgIpc) is 3.18. The molecular formula is C24H22N4O2. The number of hydrogen-bond donors (Lipinski definition) is 3. The Morgan fingerprint density at radius 1 is 0.933 bits per heavy atom. The summed E-state index contributed by atoms with van der Waals surface area (Å²) < 4.78 is 0. The standard InChI is InChI=1S/C24H22N4O2/c1-16(29)25-22(17-9-3-2-4-10-17)15-23(30)26-19-12-6-5-11-18(19)24-27-20-13-7-8-14-21(20)28-24/h2-14,22H,15H2,1H3,(H,25,29)(H,26,30)(H,27,28). The number of aromatic nitrogens is 2. The monoisotopic (exact) mass is 398 g/mol. The predicted molar refractivity (Wildman–Crippen MR) is 118 cm³/mol. The molecule has 0 radical (unpaired) electrons. The summed E-state index contributed by atoms with van der Waals surface area (Å²) in [6.07, 6.45) is 0.123. The van der Waals surface area contributed by atoms with E-state index in [-0.39, 0.29) is 18.2 Å². The number of aromatic amines is 1. The van der Waals surface area contributed by atoms with Crippen LogP contribution in [0.4, 0.5) is 5.69 Å². The van der Waals surface area contributed by atoms with Crippen molar-refractivity contribution in [1.29, 1.82) is 0 Å². The molecule has 0 bridgehead atoms. The minimum atomic E-state index is -0.401. The highest BCUT2D eigenvalue weighted by Gasteiger charge is 2.18. The van der Waals surface area contributed by atoms with E-state index >= 15 is 0 Å². The second kappa shape index (κ2) is 8.61. The van der Waals surface area contributed by atoms with Crippen LogP contribution in [-0.4, -0.2) is 21.8 Å². The smallest absolute Gasteiger partial charge is 0.226 e. The Labute approximate surface area is 174 Å². The van der Waals surface area contributed by atoms with Crippen molar-refractivity contribution in [3.05, 3.63) is 84.4 Å². The van der Waals surface area contributed by atoms with Crippen molar-refractivity contribution in [1.82, 2.24) is 15.3 Å². The lowest BCUT2D eigenvalue weighted by Crippen LogP contribution is -2.29. The van der Waals surface area contributed by atoms with Crippen molar-refractivity contribution >= 4 is 28.5 Å². The number of H-pyrrole nitrogens is 1. The fourth-order valence-corrected chi connectivity index (χ4v) is 3.45. The van der Waals surface area contributed by atoms with Gasteiger partial charge in [0.1, 0.15) is 5.82 Å². The molecule has 30 heavy (non-hydrogen) atoms. The van der Waals surface area contributed by atoms with Crippen molar-refractivity contribution in [3.8, 4) is 11.4 Å². The summed E-state index contributed by atoms with van der Waals surface area (Å²) in [6, 6.07) is 24.4. The number of para-hydroxylation sites is 3. The van der Waals surface area contributed by atoms with Gasteiger partial charge >= 0.3 is 0 Å². The molecule has 3 aromatic carbocycles. The molecule has 0 aliphatic heterocycles. The Balaban J connectivity index is 1.56. The molecule has 0 saturated carbocycles. The number of imidazole rings is 1. The lowest BCUT2D eigenvalue weighted by atomic mass is 10.0. The van der Waals surface area contributed by atoms with Gasteiger partial charge in [0.05, 0.1) is 29.2 Å². The number of carbonyl (C=O) groups is 2. The highest BCUT2D eigenvalue weighted by molar-refractivity contribution is 5.96. The molecule has 6 heteroatoms. The highest BCUT2D eigenvalue weighted by Crippen LogP contribution is 2.28. The topological polar surface area (TPSA) is 86.9 Å². The lowest BCUT2D eigenvalue weighted by molar-refractivity contribution is -0.120. The molecule has 1 unspecified atom stereocenters. The average molecular weight is 398 g/mol. The fourth-order valence-electron chi connectivity index (χ4n) is 3.45. The van der Waals surface area contributed by atoms with E-state index in [2.05, 4.69) is 20.6 Å². The molecule has 1 aromatic heterocycles. The van der Waals surface area contributed by atoms with E-state index in [0.717, 1.165) is 22.2 Å². The molecule has 0 aliphatic carbocycles. The second-order valence-electron chi connectivity index (χ2n) is 7.06. The van der Waals surface area contributed by atoms with Crippen LogP contribution in [0.3, 0.4) is 0 Å². The number of carbonyl (C=O) groups excluding carboxylic acids is 2. The first-order valence-electron chi connectivity index (χ1n) is 9.76. The normalized spacial score (nSPS) is 11.8. The third kappa shape index (κ3) is 4.38. The molecule has 6 nitrogen and oxygen atoms in total. The maximum atomic E-state index is 12.8. The molecule has 0 fully saturated rings. The summed E-state index contributed by atoms with van der Waals surface area (Å²) in [4.78, 5) is 32.4. The Hall–Kier alpha value is -3.93. The number of anilines is 1. The van der Waals surface area contributed by atoms with Gasteiger partial charge in [-0.3, -0.25) is 9.59 Å². The first kappa shape index (κ1) is 19.4. The van der Waals surface area contributed by atoms with Gasteiger partial charge in [0.2, 0.25) is 11.8 Å². The molecular weight excluding hydrogens is 376 g/mol. The van der Waals surface area contributed by atoms with Crippen LogP contribution < -0.4 is 10.6 Å². The van der Waals surface area contributed by atoms with Gasteiger partial charge in [0.25, 0.3) is 0 Å². The van der Waals surface area contributed by atoms with Crippen LogP contribution in [-0.2, 0) is 9.59 Å². The highest BCUT2D eigenvalue weighted by atomic mass is 16.2. The third-order valence-electron chi connectivity index (χ3n) is 4.81. The SMILES string of the molecule is CC(=O)NC(CC(=O)Nc1ccccc1-c1nc2ccccc2[nH]1)c1ccccc1. The first-order chi connectivity index (χ1) is 14.6. The summed E-state index contributed by atoms with van der Waals surface area (Å²) in [5, 5.41) is 5.84. The molecule has 1 heterocycles. The molecule has 3 N–H and O–H groups in total. The molecule has 0 saturated heterocycles. The van der Waals surface area contributed by atoms with Crippen molar-refractivity contribution in [2.24, 2.45) is 0 Å². The van der Waals surface area contributed by atoms with Crippen molar-refractivity contribution < 1.29 is 9.59 Å². The van der Waals surface area contributed by atoms with Gasteiger partial charge in [-0.2, -0.15) is 0 Å². The first-order valence-corrected chi connectivity index (χ1v) is 9.76. The van der Waals surface area contributed by atoms with E-state index < -0.39 is 6.04 Å². The molecule has 4 aromatic rings. The van der Waals surface area contributed by atoms with Gasteiger partial charge < -0.3 is 15.6 Å². The molecule has 0 aliphatic rings. The summed E-state index contributed by atoms with van der Waals surface area (Å²) in [6.45, 7) is 1.45. The van der Waals surface area contributed by atoms with E-state index in [9.17, 15) is 9.59 Å². The largest absolute Gasteiger partial charge is 0.349 e. The number of benzene rings is 3. The van der Waals surface area contributed by atoms with Crippen LogP contribution in [0.15, 0.2) is 78.9 Å². The Morgan fingerprint density at radius 3 is 2.40 bits per heavy atom. The number of nitrogens with one attached hydrogen (secondary N) is 3. The number of nitrogens with zero attached hydrogens (tertiary/aromatic N) is 1. The Morgan fingerprint density at radius 2 is 1.63 bits per heavy atom. The van der Waals surface area contributed by atoms with Crippen LogP contribution in [0.1, 0.15) is 24.9 Å². The summed E-state index contributed by atoms with van der Waals surface area (Å²) in [5.74, 6) is 0.314. The zero-order chi connectivity index (χ0) is 20.9. The maximum Gasteiger partial charge on any atom is 0.226 e. The van der Waals surface area contributed by atoms with Crippen LogP contribution in [0.5, 0.6) is 0 Å². The Kier molecular flexibility index (Phi) is 5.57. The fraction of sp³-hybridized carbons (Fsp3) is 0.125. The number of hydrogen-bond acceptors (Lipinski definition) is 3. The second-order valence-corrected chi connectivity index (χ2v) is 7.06. The summed E-state index contributed by atoms with van der Waals surface area (Å²) >= 11 is 0. The van der Waals surface area contributed by atoms with E-state index in [4.69, 9.17) is 0 Å². The number of amides is 2. The third-order valence-corrected chi connectivity index (χ3v) is 4.81. The van der Waals surface area contributed by atoms with Gasteiger partial charge in [-0.05, 0) is 29.8 Å². The van der Waals surface area contributed by atoms with Gasteiger partial charge in [-0.25, -0.2) is 4.98 Å². The van der Waals surface area contributed by atoms with Gasteiger partial charge in [0.15, 0.2) is 0 Å². The van der Waals surface area contributed by atoms with Gasteiger partial charge in [-0.1, -0.05) is 54.6 Å². The van der Waals surface area contributed by atoms with E-state index in [0.29, 0.717) is 11.5 Å². The van der Waals surface area contributed by atoms with E-state index in [1.807, 2.05) is 78.9 Å². The zero-order valence-electron chi connectivity index (χ0n) is 16.6. The maximum absolute atomic E-state index is 12.8. The van der Waals surface area contributed by atoms with Crippen molar-refractivity contribution in [3.63, 3.8) is 0 Å². The van der Waals surface area contributed by atoms with Gasteiger partial charge in [-0.15, -0.1) is 0 Å². The minimum Gasteiger partial charge on any atom is -0.349 e. The zero-order valence-corrected chi connectivity index (χ0v) is 16.6. The van der Waals surface area contributed by atoms with Crippen molar-refractivity contribution in [2.45, 2.75) is 19.4 Å². The number of rotatable bonds is 6. The predicted octanol–water partition coefficient (Wildman–Crippen LogP) is 4.44. The van der Waals surface area contributed by atoms with Crippen molar-refractivity contribution in [2.75, 3.05) is 5.32 Å². The Bertz CT molecular complexity index is 1150. The van der Waals surface area contributed by atoms with Crippen LogP contribution >= 0.6 is 0 Å². The van der Waals surface area contributed by atoms with E-state index in [1.54, 1.807) is 0 Å². The molecule has 4 rings (SSSR count). The molecule has 1 atom stereocenters.